The number of nitrogens with one attached hydrogen (secondary N) is 1. The smallest absolute Gasteiger partial charge is 0.221 e. The molecule has 2 nitrogen and oxygen atoms in total. The Balaban J connectivity index is 2.64. The Kier molecular flexibility index (Phi) is 3.43. The lowest BCUT2D eigenvalue weighted by Gasteiger charge is -2.02. The summed E-state index contributed by atoms with van der Waals surface area (Å²) in [5.41, 5.74) is 1.69. The van der Waals surface area contributed by atoms with Crippen molar-refractivity contribution in [2.24, 2.45) is 0 Å². The van der Waals surface area contributed by atoms with Gasteiger partial charge < -0.3 is 5.32 Å². The predicted octanol–water partition coefficient (Wildman–Crippen LogP) is 2.16. The van der Waals surface area contributed by atoms with Crippen LogP contribution in [0, 0.1) is 0 Å². The monoisotopic (exact) mass is 181 g/mol. The number of halogens is 1. The van der Waals surface area contributed by atoms with Gasteiger partial charge in [-0.15, -0.1) is 0 Å². The van der Waals surface area contributed by atoms with Gasteiger partial charge in [0.05, 0.1) is 6.67 Å². The van der Waals surface area contributed by atoms with Crippen molar-refractivity contribution in [3.8, 4) is 0 Å². The van der Waals surface area contributed by atoms with Crippen LogP contribution >= 0.6 is 0 Å². The first-order chi connectivity index (χ1) is 6.22. The Labute approximate surface area is 76.8 Å². The first-order valence-electron chi connectivity index (χ1n) is 4.15. The number of benzene rings is 1. The molecule has 13 heavy (non-hydrogen) atoms. The summed E-state index contributed by atoms with van der Waals surface area (Å²) in [5.74, 6) is -0.0989. The molecule has 1 N–H and O–H groups in total. The van der Waals surface area contributed by atoms with Crippen LogP contribution in [0.4, 0.5) is 10.1 Å². The van der Waals surface area contributed by atoms with Crippen LogP contribution in [0.1, 0.15) is 12.5 Å². The molecule has 1 rings (SSSR count). The average Bonchev–Trinajstić information content (AvgIpc) is 2.08. The Bertz CT molecular complexity index is 281. The van der Waals surface area contributed by atoms with Crippen LogP contribution in [0.25, 0.3) is 0 Å². The molecule has 0 bridgehead atoms. The minimum atomic E-state index is -0.348. The molecule has 0 saturated carbocycles. The van der Waals surface area contributed by atoms with E-state index >= 15 is 0 Å². The molecule has 0 saturated heterocycles. The summed E-state index contributed by atoms with van der Waals surface area (Å²) in [7, 11) is 0. The highest BCUT2D eigenvalue weighted by Gasteiger charge is 1.95. The maximum Gasteiger partial charge on any atom is 0.221 e. The minimum absolute atomic E-state index is 0.0989. The van der Waals surface area contributed by atoms with Crippen LogP contribution in [-0.2, 0) is 11.2 Å². The lowest BCUT2D eigenvalue weighted by molar-refractivity contribution is -0.114. The number of carbonyl (C=O) groups is 1. The third-order valence-corrected chi connectivity index (χ3v) is 1.66. The average molecular weight is 181 g/mol. The zero-order valence-electron chi connectivity index (χ0n) is 7.51. The van der Waals surface area contributed by atoms with Crippen LogP contribution in [0.3, 0.4) is 0 Å². The highest BCUT2D eigenvalue weighted by Crippen LogP contribution is 2.09. The standard InChI is InChI=1S/C10H12FNO/c1-8(13)12-10-4-2-9(3-5-10)6-7-11/h2-5H,6-7H2,1H3,(H,12,13). The zero-order valence-corrected chi connectivity index (χ0v) is 7.51. The van der Waals surface area contributed by atoms with E-state index in [2.05, 4.69) is 5.32 Å². The van der Waals surface area contributed by atoms with E-state index in [4.69, 9.17) is 0 Å². The molecule has 0 fully saturated rings. The number of anilines is 1. The van der Waals surface area contributed by atoms with Crippen molar-refractivity contribution in [1.29, 1.82) is 0 Å². The van der Waals surface area contributed by atoms with Crippen molar-refractivity contribution in [1.82, 2.24) is 0 Å². The number of aryl methyl sites for hydroxylation is 1. The molecule has 1 aromatic rings. The summed E-state index contributed by atoms with van der Waals surface area (Å²) < 4.78 is 11.9. The Morgan fingerprint density at radius 2 is 2.00 bits per heavy atom. The topological polar surface area (TPSA) is 29.1 Å². The number of hydrogen-bond acceptors (Lipinski definition) is 1. The van der Waals surface area contributed by atoms with E-state index in [1.807, 2.05) is 12.1 Å². The summed E-state index contributed by atoms with van der Waals surface area (Å²) in [4.78, 5) is 10.7. The van der Waals surface area contributed by atoms with Crippen LogP contribution in [0.2, 0.25) is 0 Å². The second kappa shape index (κ2) is 4.60. The van der Waals surface area contributed by atoms with Gasteiger partial charge in [0.15, 0.2) is 0 Å². The summed E-state index contributed by atoms with van der Waals surface area (Å²) in [6.45, 7) is 1.11. The molecule has 0 aromatic heterocycles. The molecule has 0 aliphatic heterocycles. The number of alkyl halides is 1. The van der Waals surface area contributed by atoms with E-state index in [0.29, 0.717) is 6.42 Å². The van der Waals surface area contributed by atoms with Gasteiger partial charge in [-0.3, -0.25) is 9.18 Å². The number of amides is 1. The fraction of sp³-hybridized carbons (Fsp3) is 0.300. The highest BCUT2D eigenvalue weighted by molar-refractivity contribution is 5.88. The zero-order chi connectivity index (χ0) is 9.68. The predicted molar refractivity (Wildman–Crippen MR) is 50.4 cm³/mol. The molecule has 70 valence electrons. The fourth-order valence-electron chi connectivity index (χ4n) is 1.07. The van der Waals surface area contributed by atoms with Gasteiger partial charge in [-0.2, -0.15) is 0 Å². The van der Waals surface area contributed by atoms with Crippen molar-refractivity contribution < 1.29 is 9.18 Å². The first kappa shape index (κ1) is 9.71. The molecule has 1 aromatic carbocycles. The summed E-state index contributed by atoms with van der Waals surface area (Å²) in [5, 5.41) is 2.64. The normalized spacial score (nSPS) is 9.69. The molecule has 0 aliphatic rings. The third kappa shape index (κ3) is 3.23. The van der Waals surface area contributed by atoms with Gasteiger partial charge in [0.1, 0.15) is 0 Å². The van der Waals surface area contributed by atoms with Gasteiger partial charge in [0.2, 0.25) is 5.91 Å². The molecule has 0 aliphatic carbocycles. The number of rotatable bonds is 3. The lowest BCUT2D eigenvalue weighted by atomic mass is 10.1. The molecule has 3 heteroatoms. The summed E-state index contributed by atoms with van der Waals surface area (Å²) >= 11 is 0. The lowest BCUT2D eigenvalue weighted by Crippen LogP contribution is -2.05. The molecule has 0 unspecified atom stereocenters. The van der Waals surface area contributed by atoms with E-state index in [-0.39, 0.29) is 12.6 Å². The summed E-state index contributed by atoms with van der Waals surface area (Å²) in [6, 6.07) is 7.16. The molecular weight excluding hydrogens is 169 g/mol. The Hall–Kier alpha value is -1.38. The van der Waals surface area contributed by atoms with Crippen molar-refractivity contribution in [2.45, 2.75) is 13.3 Å². The van der Waals surface area contributed by atoms with E-state index in [0.717, 1.165) is 11.3 Å². The van der Waals surface area contributed by atoms with Gasteiger partial charge in [-0.05, 0) is 17.7 Å². The molecule has 0 radical (unpaired) electrons. The maximum absolute atomic E-state index is 11.9. The first-order valence-corrected chi connectivity index (χ1v) is 4.15. The van der Waals surface area contributed by atoms with Crippen molar-refractivity contribution in [3.63, 3.8) is 0 Å². The van der Waals surface area contributed by atoms with Gasteiger partial charge in [0, 0.05) is 19.0 Å². The minimum Gasteiger partial charge on any atom is -0.326 e. The largest absolute Gasteiger partial charge is 0.326 e. The second-order valence-corrected chi connectivity index (χ2v) is 2.82. The van der Waals surface area contributed by atoms with Crippen molar-refractivity contribution in [2.75, 3.05) is 12.0 Å². The van der Waals surface area contributed by atoms with Crippen LogP contribution in [-0.4, -0.2) is 12.6 Å². The van der Waals surface area contributed by atoms with Crippen molar-refractivity contribution in [3.05, 3.63) is 29.8 Å². The van der Waals surface area contributed by atoms with Crippen molar-refractivity contribution >= 4 is 11.6 Å². The quantitative estimate of drug-likeness (QED) is 0.760. The van der Waals surface area contributed by atoms with Crippen LogP contribution < -0.4 is 5.32 Å². The van der Waals surface area contributed by atoms with E-state index in [1.54, 1.807) is 12.1 Å². The van der Waals surface area contributed by atoms with E-state index in [1.165, 1.54) is 6.92 Å². The summed E-state index contributed by atoms with van der Waals surface area (Å²) in [6.07, 6.45) is 0.431. The number of carbonyl (C=O) groups excluding carboxylic acids is 1. The van der Waals surface area contributed by atoms with E-state index < -0.39 is 0 Å². The van der Waals surface area contributed by atoms with Crippen LogP contribution in [0.15, 0.2) is 24.3 Å². The van der Waals surface area contributed by atoms with E-state index in [9.17, 15) is 9.18 Å². The molecule has 0 atom stereocenters. The van der Waals surface area contributed by atoms with Crippen LogP contribution in [0.5, 0.6) is 0 Å². The third-order valence-electron chi connectivity index (χ3n) is 1.66. The molecule has 1 amide bonds. The number of hydrogen-bond donors (Lipinski definition) is 1. The maximum atomic E-state index is 11.9. The molecule has 0 heterocycles. The SMILES string of the molecule is CC(=O)Nc1ccc(CCF)cc1. The Morgan fingerprint density at radius 3 is 2.46 bits per heavy atom. The Morgan fingerprint density at radius 1 is 1.38 bits per heavy atom. The van der Waals surface area contributed by atoms with Gasteiger partial charge >= 0.3 is 0 Å². The highest BCUT2D eigenvalue weighted by atomic mass is 19.1. The van der Waals surface area contributed by atoms with Gasteiger partial charge in [-0.25, -0.2) is 0 Å². The second-order valence-electron chi connectivity index (χ2n) is 2.82. The fourth-order valence-corrected chi connectivity index (χ4v) is 1.07. The van der Waals surface area contributed by atoms with Gasteiger partial charge in [0.25, 0.3) is 0 Å². The van der Waals surface area contributed by atoms with Gasteiger partial charge in [-0.1, -0.05) is 12.1 Å². The molecular formula is C10H12FNO. The molecule has 0 spiro atoms.